The third-order valence-electron chi connectivity index (χ3n) is 3.84. The molecule has 2 aromatic carbocycles. The lowest BCUT2D eigenvalue weighted by atomic mass is 10.2. The summed E-state index contributed by atoms with van der Waals surface area (Å²) >= 11 is 3.38. The van der Waals surface area contributed by atoms with Crippen LogP contribution in [0.25, 0.3) is 0 Å². The van der Waals surface area contributed by atoms with Gasteiger partial charge in [0.15, 0.2) is 11.5 Å². The van der Waals surface area contributed by atoms with Gasteiger partial charge in [-0.05, 0) is 62.2 Å². The van der Waals surface area contributed by atoms with E-state index in [-0.39, 0.29) is 18.4 Å². The van der Waals surface area contributed by atoms with Gasteiger partial charge >= 0.3 is 0 Å². The van der Waals surface area contributed by atoms with E-state index in [0.717, 1.165) is 16.5 Å². The lowest BCUT2D eigenvalue weighted by Crippen LogP contribution is -2.33. The van der Waals surface area contributed by atoms with E-state index in [9.17, 15) is 9.59 Å². The minimum absolute atomic E-state index is 0.133. The molecule has 2 aromatic rings. The van der Waals surface area contributed by atoms with E-state index >= 15 is 0 Å². The fourth-order valence-electron chi connectivity index (χ4n) is 2.47. The first-order valence-corrected chi connectivity index (χ1v) is 9.97. The number of nitrogens with one attached hydrogen (secondary N) is 2. The predicted molar refractivity (Wildman–Crippen MR) is 113 cm³/mol. The molecule has 6 nitrogen and oxygen atoms in total. The fourth-order valence-corrected chi connectivity index (χ4v) is 2.95. The molecular weight excluding hydrogens is 424 g/mol. The van der Waals surface area contributed by atoms with Crippen molar-refractivity contribution < 1.29 is 19.1 Å². The Bertz CT molecular complexity index is 839. The number of carbonyl (C=O) groups excluding carboxylic acids is 2. The van der Waals surface area contributed by atoms with Gasteiger partial charge in [-0.15, -0.1) is 0 Å². The molecule has 7 heteroatoms. The molecule has 0 fully saturated rings. The molecule has 150 valence electrons. The highest BCUT2D eigenvalue weighted by Crippen LogP contribution is 2.28. The largest absolute Gasteiger partial charge is 0.490 e. The van der Waals surface area contributed by atoms with Crippen molar-refractivity contribution in [2.75, 3.05) is 25.1 Å². The molecule has 0 saturated carbocycles. The summed E-state index contributed by atoms with van der Waals surface area (Å²) in [6, 6.07) is 10.5. The second kappa shape index (κ2) is 10.7. The maximum Gasteiger partial charge on any atom is 0.251 e. The zero-order valence-corrected chi connectivity index (χ0v) is 17.9. The van der Waals surface area contributed by atoms with E-state index in [1.165, 1.54) is 0 Å². The molecule has 0 radical (unpaired) electrons. The molecule has 0 heterocycles. The zero-order valence-electron chi connectivity index (χ0n) is 16.3. The van der Waals surface area contributed by atoms with Crippen LogP contribution in [0.4, 0.5) is 5.69 Å². The number of ether oxygens (including phenoxy) is 2. The van der Waals surface area contributed by atoms with Crippen LogP contribution in [0.15, 0.2) is 40.9 Å². The van der Waals surface area contributed by atoms with E-state index in [2.05, 4.69) is 26.6 Å². The van der Waals surface area contributed by atoms with Gasteiger partial charge in [-0.3, -0.25) is 9.59 Å². The van der Waals surface area contributed by atoms with Crippen molar-refractivity contribution in [1.82, 2.24) is 5.32 Å². The van der Waals surface area contributed by atoms with Crippen LogP contribution in [0.2, 0.25) is 0 Å². The van der Waals surface area contributed by atoms with Crippen molar-refractivity contribution >= 4 is 33.4 Å². The summed E-state index contributed by atoms with van der Waals surface area (Å²) in [5, 5.41) is 5.41. The average Bonchev–Trinajstić information content (AvgIpc) is 2.67. The van der Waals surface area contributed by atoms with Gasteiger partial charge in [0, 0.05) is 15.7 Å². The SMILES string of the molecule is CCCOc1ccc(C(=O)NCC(=O)Nc2ccc(Br)cc2C)cc1OCC. The number of anilines is 1. The van der Waals surface area contributed by atoms with E-state index in [1.54, 1.807) is 18.2 Å². The summed E-state index contributed by atoms with van der Waals surface area (Å²) in [6.45, 7) is 6.68. The number of rotatable bonds is 9. The molecule has 0 spiro atoms. The third-order valence-corrected chi connectivity index (χ3v) is 4.33. The molecule has 28 heavy (non-hydrogen) atoms. The second-order valence-corrected chi connectivity index (χ2v) is 7.05. The topological polar surface area (TPSA) is 76.7 Å². The minimum atomic E-state index is -0.356. The van der Waals surface area contributed by atoms with E-state index in [1.807, 2.05) is 39.0 Å². The summed E-state index contributed by atoms with van der Waals surface area (Å²) in [7, 11) is 0. The highest BCUT2D eigenvalue weighted by Gasteiger charge is 2.13. The van der Waals surface area contributed by atoms with Crippen LogP contribution < -0.4 is 20.1 Å². The highest BCUT2D eigenvalue weighted by molar-refractivity contribution is 9.10. The molecule has 0 aliphatic rings. The lowest BCUT2D eigenvalue weighted by Gasteiger charge is -2.13. The van der Waals surface area contributed by atoms with Crippen molar-refractivity contribution in [3.63, 3.8) is 0 Å². The first-order valence-electron chi connectivity index (χ1n) is 9.18. The van der Waals surface area contributed by atoms with Crippen molar-refractivity contribution in [2.24, 2.45) is 0 Å². The van der Waals surface area contributed by atoms with Crippen LogP contribution in [0.1, 0.15) is 36.2 Å². The Balaban J connectivity index is 1.97. The van der Waals surface area contributed by atoms with E-state index in [0.29, 0.717) is 36.0 Å². The smallest absolute Gasteiger partial charge is 0.251 e. The number of benzene rings is 2. The lowest BCUT2D eigenvalue weighted by molar-refractivity contribution is -0.115. The van der Waals surface area contributed by atoms with Crippen LogP contribution in [0, 0.1) is 6.92 Å². The summed E-state index contributed by atoms with van der Waals surface area (Å²) < 4.78 is 12.1. The number of halogens is 1. The summed E-state index contributed by atoms with van der Waals surface area (Å²) in [5.74, 6) is 0.458. The first kappa shape index (κ1) is 21.8. The van der Waals surface area contributed by atoms with Crippen molar-refractivity contribution in [1.29, 1.82) is 0 Å². The van der Waals surface area contributed by atoms with Gasteiger partial charge in [0.1, 0.15) is 0 Å². The van der Waals surface area contributed by atoms with Crippen LogP contribution in [0.3, 0.4) is 0 Å². The number of hydrogen-bond donors (Lipinski definition) is 2. The average molecular weight is 449 g/mol. The first-order chi connectivity index (χ1) is 13.4. The summed E-state index contributed by atoms with van der Waals surface area (Å²) in [5.41, 5.74) is 2.04. The Morgan fingerprint density at radius 1 is 1.04 bits per heavy atom. The molecule has 2 amide bonds. The zero-order chi connectivity index (χ0) is 20.5. The van der Waals surface area contributed by atoms with Gasteiger partial charge in [0.05, 0.1) is 19.8 Å². The Kier molecular flexibility index (Phi) is 8.32. The monoisotopic (exact) mass is 448 g/mol. The Hall–Kier alpha value is -2.54. The van der Waals surface area contributed by atoms with Crippen LogP contribution in [-0.2, 0) is 4.79 Å². The molecule has 0 saturated heterocycles. The standard InChI is InChI=1S/C21H25BrN2O4/c1-4-10-28-18-9-6-15(12-19(18)27-5-2)21(26)23-13-20(25)24-17-8-7-16(22)11-14(17)3/h6-9,11-12H,4-5,10,13H2,1-3H3,(H,23,26)(H,24,25). The molecular formula is C21H25BrN2O4. The molecule has 2 N–H and O–H groups in total. The Labute approximate surface area is 173 Å². The molecule has 0 aromatic heterocycles. The van der Waals surface area contributed by atoms with E-state index in [4.69, 9.17) is 9.47 Å². The minimum Gasteiger partial charge on any atom is -0.490 e. The quantitative estimate of drug-likeness (QED) is 0.598. The maximum absolute atomic E-state index is 12.4. The number of hydrogen-bond acceptors (Lipinski definition) is 4. The maximum atomic E-state index is 12.4. The predicted octanol–water partition coefficient (Wildman–Crippen LogP) is 4.31. The van der Waals surface area contributed by atoms with Gasteiger partial charge in [-0.1, -0.05) is 22.9 Å². The van der Waals surface area contributed by atoms with Crippen molar-refractivity contribution in [2.45, 2.75) is 27.2 Å². The van der Waals surface area contributed by atoms with Crippen molar-refractivity contribution in [3.8, 4) is 11.5 Å². The Morgan fingerprint density at radius 3 is 2.50 bits per heavy atom. The Morgan fingerprint density at radius 2 is 1.82 bits per heavy atom. The normalized spacial score (nSPS) is 10.3. The molecule has 2 rings (SSSR count). The molecule has 0 atom stereocenters. The van der Waals surface area contributed by atoms with Gasteiger partial charge in [-0.2, -0.15) is 0 Å². The van der Waals surface area contributed by atoms with Gasteiger partial charge in [0.2, 0.25) is 5.91 Å². The van der Waals surface area contributed by atoms with Crippen molar-refractivity contribution in [3.05, 3.63) is 52.0 Å². The summed E-state index contributed by atoms with van der Waals surface area (Å²) in [4.78, 5) is 24.5. The molecule has 0 bridgehead atoms. The van der Waals surface area contributed by atoms with Gasteiger partial charge < -0.3 is 20.1 Å². The third kappa shape index (κ3) is 6.27. The van der Waals surface area contributed by atoms with Gasteiger partial charge in [0.25, 0.3) is 5.91 Å². The molecule has 0 aliphatic heterocycles. The van der Waals surface area contributed by atoms with Gasteiger partial charge in [-0.25, -0.2) is 0 Å². The number of amides is 2. The van der Waals surface area contributed by atoms with Crippen LogP contribution >= 0.6 is 15.9 Å². The van der Waals surface area contributed by atoms with Crippen LogP contribution in [0.5, 0.6) is 11.5 Å². The highest BCUT2D eigenvalue weighted by atomic mass is 79.9. The van der Waals surface area contributed by atoms with E-state index < -0.39 is 0 Å². The van der Waals surface area contributed by atoms with Crippen LogP contribution in [-0.4, -0.2) is 31.6 Å². The summed E-state index contributed by atoms with van der Waals surface area (Å²) in [6.07, 6.45) is 0.876. The molecule has 0 unspecified atom stereocenters. The number of aryl methyl sites for hydroxylation is 1. The molecule has 0 aliphatic carbocycles. The fraction of sp³-hybridized carbons (Fsp3) is 0.333. The number of carbonyl (C=O) groups is 2. The second-order valence-electron chi connectivity index (χ2n) is 6.13.